The van der Waals surface area contributed by atoms with Crippen LogP contribution in [0, 0.1) is 5.92 Å². The Morgan fingerprint density at radius 3 is 2.50 bits per heavy atom. The number of nitrogens with zero attached hydrogens (tertiary/aromatic N) is 7. The highest BCUT2D eigenvalue weighted by molar-refractivity contribution is 6.32. The van der Waals surface area contributed by atoms with Crippen molar-refractivity contribution in [2.24, 2.45) is 5.92 Å². The Morgan fingerprint density at radius 2 is 1.84 bits per heavy atom. The number of carbonyl (C=O) groups is 1. The van der Waals surface area contributed by atoms with Gasteiger partial charge in [0, 0.05) is 44.0 Å². The van der Waals surface area contributed by atoms with Gasteiger partial charge in [0.2, 0.25) is 0 Å². The molecule has 0 amide bonds. The van der Waals surface area contributed by atoms with Crippen molar-refractivity contribution in [2.45, 2.75) is 32.8 Å². The third-order valence-electron chi connectivity index (χ3n) is 4.98. The van der Waals surface area contributed by atoms with Crippen molar-refractivity contribution in [3.63, 3.8) is 0 Å². The Morgan fingerprint density at radius 1 is 1.09 bits per heavy atom. The second-order valence-electron chi connectivity index (χ2n) is 7.67. The number of halogens is 2. The molecule has 0 unspecified atom stereocenters. The van der Waals surface area contributed by atoms with Crippen molar-refractivity contribution in [3.05, 3.63) is 63.9 Å². The summed E-state index contributed by atoms with van der Waals surface area (Å²) >= 11 is 12.4. The molecule has 166 valence electrons. The van der Waals surface area contributed by atoms with Gasteiger partial charge in [0.05, 0.1) is 23.1 Å². The summed E-state index contributed by atoms with van der Waals surface area (Å²) in [5.41, 5.74) is 2.80. The zero-order valence-electron chi connectivity index (χ0n) is 17.7. The van der Waals surface area contributed by atoms with Gasteiger partial charge in [0.25, 0.3) is 0 Å². The third kappa shape index (κ3) is 4.50. The van der Waals surface area contributed by atoms with Crippen LogP contribution in [-0.2, 0) is 22.4 Å². The first-order valence-corrected chi connectivity index (χ1v) is 10.7. The van der Waals surface area contributed by atoms with Crippen molar-refractivity contribution in [1.82, 2.24) is 34.6 Å². The van der Waals surface area contributed by atoms with Gasteiger partial charge in [-0.15, -0.1) is 4.80 Å². The van der Waals surface area contributed by atoms with Gasteiger partial charge in [-0.1, -0.05) is 37.0 Å². The molecule has 4 rings (SSSR count). The molecule has 1 atom stereocenters. The van der Waals surface area contributed by atoms with E-state index < -0.39 is 0 Å². The average molecular weight is 474 g/mol. The predicted octanol–water partition coefficient (Wildman–Crippen LogP) is 3.71. The molecule has 11 heteroatoms. The molecular formula is C21H21Cl2N7O2. The quantitative estimate of drug-likeness (QED) is 0.384. The SMILES string of the molecule is CO[C@@H](c1c(CC(=O)Cc2cnc(-n3nccn3)c(Cl)c2)cnc2cc(Cl)nn12)C(C)C. The van der Waals surface area contributed by atoms with E-state index in [2.05, 4.69) is 25.3 Å². The fraction of sp³-hybridized carbons (Fsp3) is 0.333. The number of pyridine rings is 1. The van der Waals surface area contributed by atoms with Gasteiger partial charge in [0.15, 0.2) is 16.6 Å². The van der Waals surface area contributed by atoms with Gasteiger partial charge in [0.1, 0.15) is 11.9 Å². The monoisotopic (exact) mass is 473 g/mol. The molecule has 9 nitrogen and oxygen atoms in total. The zero-order valence-corrected chi connectivity index (χ0v) is 19.2. The number of ether oxygens (including phenoxy) is 1. The molecule has 0 spiro atoms. The van der Waals surface area contributed by atoms with Crippen LogP contribution in [0.15, 0.2) is 36.9 Å². The van der Waals surface area contributed by atoms with Crippen molar-refractivity contribution in [2.75, 3.05) is 7.11 Å². The first-order valence-electron chi connectivity index (χ1n) is 9.96. The van der Waals surface area contributed by atoms with Crippen LogP contribution in [0.2, 0.25) is 10.2 Å². The number of ketones is 1. The summed E-state index contributed by atoms with van der Waals surface area (Å²) in [6.07, 6.45) is 6.40. The summed E-state index contributed by atoms with van der Waals surface area (Å²) in [7, 11) is 1.64. The molecular weight excluding hydrogens is 453 g/mol. The van der Waals surface area contributed by atoms with Crippen LogP contribution in [0.5, 0.6) is 0 Å². The molecule has 0 fully saturated rings. The predicted molar refractivity (Wildman–Crippen MR) is 119 cm³/mol. The molecule has 32 heavy (non-hydrogen) atoms. The van der Waals surface area contributed by atoms with E-state index in [4.69, 9.17) is 27.9 Å². The van der Waals surface area contributed by atoms with Gasteiger partial charge in [-0.05, 0) is 17.5 Å². The fourth-order valence-corrected chi connectivity index (χ4v) is 4.08. The molecule has 0 aliphatic heterocycles. The minimum Gasteiger partial charge on any atom is -0.375 e. The van der Waals surface area contributed by atoms with E-state index in [1.54, 1.807) is 36.2 Å². The van der Waals surface area contributed by atoms with Gasteiger partial charge in [-0.2, -0.15) is 15.3 Å². The van der Waals surface area contributed by atoms with E-state index in [1.807, 2.05) is 13.8 Å². The lowest BCUT2D eigenvalue weighted by molar-refractivity contribution is -0.117. The number of methoxy groups -OCH3 is 1. The topological polar surface area (TPSA) is 100 Å². The molecule has 0 aliphatic carbocycles. The maximum Gasteiger partial charge on any atom is 0.193 e. The van der Waals surface area contributed by atoms with Crippen LogP contribution in [0.25, 0.3) is 11.5 Å². The number of hydrogen-bond acceptors (Lipinski definition) is 7. The number of carbonyl (C=O) groups excluding carboxylic acids is 1. The largest absolute Gasteiger partial charge is 0.375 e. The first-order chi connectivity index (χ1) is 15.4. The van der Waals surface area contributed by atoms with E-state index >= 15 is 0 Å². The van der Waals surface area contributed by atoms with Crippen LogP contribution in [0.4, 0.5) is 0 Å². The van der Waals surface area contributed by atoms with E-state index in [9.17, 15) is 4.79 Å². The highest BCUT2D eigenvalue weighted by Crippen LogP contribution is 2.29. The van der Waals surface area contributed by atoms with Crippen LogP contribution < -0.4 is 0 Å². The molecule has 0 saturated heterocycles. The lowest BCUT2D eigenvalue weighted by Crippen LogP contribution is -2.19. The van der Waals surface area contributed by atoms with Crippen molar-refractivity contribution in [3.8, 4) is 5.82 Å². The molecule has 0 aromatic carbocycles. The highest BCUT2D eigenvalue weighted by Gasteiger charge is 2.25. The average Bonchev–Trinajstić information content (AvgIpc) is 3.39. The lowest BCUT2D eigenvalue weighted by atomic mass is 9.96. The second-order valence-corrected chi connectivity index (χ2v) is 8.46. The lowest BCUT2D eigenvalue weighted by Gasteiger charge is -2.23. The number of hydrogen-bond donors (Lipinski definition) is 0. The van der Waals surface area contributed by atoms with Crippen LogP contribution >= 0.6 is 23.2 Å². The molecule has 0 radical (unpaired) electrons. The minimum atomic E-state index is -0.281. The Balaban J connectivity index is 1.60. The van der Waals surface area contributed by atoms with Gasteiger partial charge in [-0.25, -0.2) is 14.5 Å². The second kappa shape index (κ2) is 9.32. The molecule has 0 aliphatic rings. The van der Waals surface area contributed by atoms with Crippen molar-refractivity contribution < 1.29 is 9.53 Å². The highest BCUT2D eigenvalue weighted by atomic mass is 35.5. The smallest absolute Gasteiger partial charge is 0.193 e. The summed E-state index contributed by atoms with van der Waals surface area (Å²) < 4.78 is 7.39. The number of aromatic nitrogens is 7. The molecule has 4 aromatic heterocycles. The Kier molecular flexibility index (Phi) is 6.50. The van der Waals surface area contributed by atoms with E-state index in [-0.39, 0.29) is 30.6 Å². The number of Topliss-reactive ketones (excluding diaryl/α,β-unsaturated/α-hetero) is 1. The Hall–Kier alpha value is -2.88. The van der Waals surface area contributed by atoms with Crippen molar-refractivity contribution >= 4 is 34.6 Å². The summed E-state index contributed by atoms with van der Waals surface area (Å²) in [4.78, 5) is 23.0. The maximum absolute atomic E-state index is 13.0. The van der Waals surface area contributed by atoms with Gasteiger partial charge >= 0.3 is 0 Å². The standard InChI is InChI=1S/C21H21Cl2N7O2/c1-12(2)20(32-3)19-14(11-24-18-9-17(23)28-29(18)19)8-15(31)6-13-7-16(22)21(25-10-13)30-26-4-5-27-30/h4-5,7,9-12,20H,6,8H2,1-3H3/t20-/m1/s1. The molecule has 4 heterocycles. The van der Waals surface area contributed by atoms with Crippen LogP contribution in [0.3, 0.4) is 0 Å². The number of rotatable bonds is 8. The summed E-state index contributed by atoms with van der Waals surface area (Å²) in [5.74, 6) is 0.529. The summed E-state index contributed by atoms with van der Waals surface area (Å²) in [5, 5.41) is 13.1. The number of fused-ring (bicyclic) bond motifs is 1. The zero-order chi connectivity index (χ0) is 22.8. The van der Waals surface area contributed by atoms with E-state index in [0.717, 1.165) is 11.3 Å². The molecule has 0 saturated carbocycles. The molecule has 0 bridgehead atoms. The normalized spacial score (nSPS) is 12.6. The molecule has 4 aromatic rings. The Labute approximate surface area is 194 Å². The van der Waals surface area contributed by atoms with Gasteiger partial charge < -0.3 is 4.74 Å². The fourth-order valence-electron chi connectivity index (χ4n) is 3.64. The van der Waals surface area contributed by atoms with E-state index in [0.29, 0.717) is 27.2 Å². The van der Waals surface area contributed by atoms with Crippen LogP contribution in [0.1, 0.15) is 36.8 Å². The maximum atomic E-state index is 13.0. The minimum absolute atomic E-state index is 0.0212. The summed E-state index contributed by atoms with van der Waals surface area (Å²) in [6, 6.07) is 3.38. The van der Waals surface area contributed by atoms with E-state index in [1.165, 1.54) is 17.2 Å². The Bertz CT molecular complexity index is 1250. The van der Waals surface area contributed by atoms with Crippen molar-refractivity contribution in [1.29, 1.82) is 0 Å². The van der Waals surface area contributed by atoms with Gasteiger partial charge in [-0.3, -0.25) is 4.79 Å². The summed E-state index contributed by atoms with van der Waals surface area (Å²) in [6.45, 7) is 4.08. The molecule has 0 N–H and O–H groups in total. The van der Waals surface area contributed by atoms with Crippen LogP contribution in [-0.4, -0.2) is 47.5 Å². The first kappa shape index (κ1) is 22.3. The third-order valence-corrected chi connectivity index (χ3v) is 5.44.